The molecule has 6 nitrogen and oxygen atoms in total. The number of aryl methyl sites for hydroxylation is 1. The van der Waals surface area contributed by atoms with Gasteiger partial charge in [-0.15, -0.1) is 0 Å². The maximum Gasteiger partial charge on any atom is 0.340 e. The van der Waals surface area contributed by atoms with E-state index < -0.39 is 11.9 Å². The number of rotatable bonds is 4. The zero-order valence-corrected chi connectivity index (χ0v) is 14.8. The van der Waals surface area contributed by atoms with E-state index in [4.69, 9.17) is 14.2 Å². The quantitative estimate of drug-likeness (QED) is 0.852. The van der Waals surface area contributed by atoms with E-state index in [0.717, 1.165) is 16.9 Å². The number of ether oxygens (including phenoxy) is 3. The number of hydrogen-bond donors (Lipinski definition) is 1. The van der Waals surface area contributed by atoms with Crippen LogP contribution in [0.3, 0.4) is 0 Å². The third-order valence-corrected chi connectivity index (χ3v) is 4.12. The van der Waals surface area contributed by atoms with Crippen molar-refractivity contribution in [3.63, 3.8) is 0 Å². The van der Waals surface area contributed by atoms with Gasteiger partial charge < -0.3 is 19.2 Å². The van der Waals surface area contributed by atoms with E-state index in [0.29, 0.717) is 18.0 Å². The van der Waals surface area contributed by atoms with Crippen LogP contribution in [0.4, 0.5) is 0 Å². The average molecular weight is 353 g/mol. The van der Waals surface area contributed by atoms with Crippen LogP contribution in [-0.4, -0.2) is 37.7 Å². The van der Waals surface area contributed by atoms with Crippen molar-refractivity contribution in [2.75, 3.05) is 20.8 Å². The van der Waals surface area contributed by atoms with Gasteiger partial charge in [0.1, 0.15) is 12.4 Å². The summed E-state index contributed by atoms with van der Waals surface area (Å²) in [6.07, 6.45) is 7.51. The molecule has 2 aromatic rings. The number of carbonyl (C=O) groups is 2. The predicted molar refractivity (Wildman–Crippen MR) is 98.1 cm³/mol. The van der Waals surface area contributed by atoms with Crippen molar-refractivity contribution in [2.45, 2.75) is 6.92 Å². The highest BCUT2D eigenvalue weighted by atomic mass is 16.5. The maximum atomic E-state index is 12.2. The second-order valence-electron chi connectivity index (χ2n) is 5.71. The second kappa shape index (κ2) is 7.31. The number of methoxy groups -OCH3 is 2. The predicted octanol–water partition coefficient (Wildman–Crippen LogP) is 3.47. The molecular formula is C20H19NO5. The first-order valence-corrected chi connectivity index (χ1v) is 8.06. The number of fused-ring (bicyclic) bond motifs is 1. The standard InChI is InChI=1S/C20H19NO5/c1-12-16(19(22)24-2)17(20(23)25-3)15(21-12)10-9-14-7-4-6-13-8-5-11-26-18(13)14/h4-10,21H,11H2,1-3H3/b10-9+. The fourth-order valence-corrected chi connectivity index (χ4v) is 2.93. The summed E-state index contributed by atoms with van der Waals surface area (Å²) in [5.74, 6) is -0.421. The lowest BCUT2D eigenvalue weighted by molar-refractivity contribution is 0.0556. The summed E-state index contributed by atoms with van der Waals surface area (Å²) < 4.78 is 15.3. The first kappa shape index (κ1) is 17.5. The van der Waals surface area contributed by atoms with Crippen LogP contribution in [0.15, 0.2) is 24.3 Å². The van der Waals surface area contributed by atoms with E-state index in [1.54, 1.807) is 13.0 Å². The van der Waals surface area contributed by atoms with Crippen LogP contribution in [0.5, 0.6) is 5.75 Å². The van der Waals surface area contributed by atoms with Crippen molar-refractivity contribution >= 4 is 30.2 Å². The number of aromatic amines is 1. The summed E-state index contributed by atoms with van der Waals surface area (Å²) in [5, 5.41) is 0. The molecule has 0 saturated heterocycles. The molecule has 0 saturated carbocycles. The van der Waals surface area contributed by atoms with Crippen LogP contribution in [0.2, 0.25) is 0 Å². The lowest BCUT2D eigenvalue weighted by Crippen LogP contribution is -2.11. The fraction of sp³-hybridized carbons (Fsp3) is 0.200. The van der Waals surface area contributed by atoms with Crippen LogP contribution >= 0.6 is 0 Å². The van der Waals surface area contributed by atoms with Crippen LogP contribution < -0.4 is 4.74 Å². The molecule has 26 heavy (non-hydrogen) atoms. The Labute approximate surface area is 151 Å². The van der Waals surface area contributed by atoms with Gasteiger partial charge in [-0.3, -0.25) is 0 Å². The van der Waals surface area contributed by atoms with E-state index in [-0.39, 0.29) is 11.1 Å². The Kier molecular flexibility index (Phi) is 4.93. The highest BCUT2D eigenvalue weighted by Crippen LogP contribution is 2.30. The first-order chi connectivity index (χ1) is 12.6. The SMILES string of the molecule is COC(=O)c1c(C)[nH]c(/C=C/c2cccc3c2OCC=C3)c1C(=O)OC. The van der Waals surface area contributed by atoms with Crippen molar-refractivity contribution in [1.29, 1.82) is 0 Å². The Morgan fingerprint density at radius 3 is 2.58 bits per heavy atom. The van der Waals surface area contributed by atoms with Crippen molar-refractivity contribution in [3.05, 3.63) is 57.9 Å². The summed E-state index contributed by atoms with van der Waals surface area (Å²) in [5.41, 5.74) is 3.19. The van der Waals surface area contributed by atoms with Crippen LogP contribution in [-0.2, 0) is 9.47 Å². The van der Waals surface area contributed by atoms with Gasteiger partial charge >= 0.3 is 11.9 Å². The van der Waals surface area contributed by atoms with E-state index in [2.05, 4.69) is 4.98 Å². The molecule has 1 aromatic heterocycles. The lowest BCUT2D eigenvalue weighted by atomic mass is 10.0. The molecule has 3 rings (SSSR count). The van der Waals surface area contributed by atoms with Gasteiger partial charge in [0.25, 0.3) is 0 Å². The van der Waals surface area contributed by atoms with Crippen LogP contribution in [0.1, 0.15) is 43.2 Å². The Morgan fingerprint density at radius 2 is 1.85 bits per heavy atom. The van der Waals surface area contributed by atoms with Gasteiger partial charge in [-0.05, 0) is 25.2 Å². The van der Waals surface area contributed by atoms with Gasteiger partial charge in [-0.25, -0.2) is 9.59 Å². The first-order valence-electron chi connectivity index (χ1n) is 8.06. The average Bonchev–Trinajstić information content (AvgIpc) is 3.01. The van der Waals surface area contributed by atoms with E-state index >= 15 is 0 Å². The molecule has 1 N–H and O–H groups in total. The topological polar surface area (TPSA) is 77.6 Å². The van der Waals surface area contributed by atoms with Crippen molar-refractivity contribution in [2.24, 2.45) is 0 Å². The molecule has 0 fully saturated rings. The number of esters is 2. The highest BCUT2D eigenvalue weighted by Gasteiger charge is 2.26. The molecule has 0 radical (unpaired) electrons. The molecule has 0 unspecified atom stereocenters. The maximum absolute atomic E-state index is 12.2. The Morgan fingerprint density at radius 1 is 1.12 bits per heavy atom. The largest absolute Gasteiger partial charge is 0.488 e. The molecule has 134 valence electrons. The molecule has 1 aliphatic rings. The smallest absolute Gasteiger partial charge is 0.340 e. The van der Waals surface area contributed by atoms with Crippen molar-refractivity contribution in [3.8, 4) is 5.75 Å². The third-order valence-electron chi connectivity index (χ3n) is 4.12. The molecule has 1 aromatic carbocycles. The molecule has 0 atom stereocenters. The highest BCUT2D eigenvalue weighted by molar-refractivity contribution is 6.07. The number of H-pyrrole nitrogens is 1. The molecule has 0 bridgehead atoms. The molecule has 6 heteroatoms. The summed E-state index contributed by atoms with van der Waals surface area (Å²) in [6.45, 7) is 2.22. The monoisotopic (exact) mass is 353 g/mol. The van der Waals surface area contributed by atoms with Crippen molar-refractivity contribution in [1.82, 2.24) is 4.98 Å². The number of hydrogen-bond acceptors (Lipinski definition) is 5. The van der Waals surface area contributed by atoms with E-state index in [9.17, 15) is 9.59 Å². The van der Waals surface area contributed by atoms with Crippen molar-refractivity contribution < 1.29 is 23.8 Å². The number of carbonyl (C=O) groups excluding carboxylic acids is 2. The van der Waals surface area contributed by atoms with E-state index in [1.165, 1.54) is 14.2 Å². The Hall–Kier alpha value is -3.28. The van der Waals surface area contributed by atoms with Gasteiger partial charge in [-0.1, -0.05) is 24.3 Å². The molecule has 0 spiro atoms. The number of nitrogens with one attached hydrogen (secondary N) is 1. The lowest BCUT2D eigenvalue weighted by Gasteiger charge is -2.14. The summed E-state index contributed by atoms with van der Waals surface area (Å²) in [6, 6.07) is 5.82. The zero-order valence-electron chi connectivity index (χ0n) is 14.8. The normalized spacial score (nSPS) is 12.6. The number of aromatic nitrogens is 1. The van der Waals surface area contributed by atoms with Crippen LogP contribution in [0.25, 0.3) is 18.2 Å². The van der Waals surface area contributed by atoms with Gasteiger partial charge in [0.05, 0.1) is 31.0 Å². The molecular weight excluding hydrogens is 334 g/mol. The molecule has 0 aliphatic carbocycles. The minimum Gasteiger partial charge on any atom is -0.488 e. The Bertz CT molecular complexity index is 921. The fourth-order valence-electron chi connectivity index (χ4n) is 2.93. The number of para-hydroxylation sites is 1. The summed E-state index contributed by atoms with van der Waals surface area (Å²) in [7, 11) is 2.54. The second-order valence-corrected chi connectivity index (χ2v) is 5.71. The van der Waals surface area contributed by atoms with Gasteiger partial charge in [0, 0.05) is 16.8 Å². The molecule has 2 heterocycles. The third kappa shape index (κ3) is 3.13. The molecule has 1 aliphatic heterocycles. The Balaban J connectivity index is 2.06. The van der Waals surface area contributed by atoms with Gasteiger partial charge in [0.15, 0.2) is 0 Å². The number of benzene rings is 1. The molecule has 0 amide bonds. The van der Waals surface area contributed by atoms with Crippen LogP contribution in [0, 0.1) is 6.92 Å². The van der Waals surface area contributed by atoms with E-state index in [1.807, 2.05) is 36.4 Å². The minimum atomic E-state index is -0.608. The minimum absolute atomic E-state index is 0.152. The summed E-state index contributed by atoms with van der Waals surface area (Å²) >= 11 is 0. The van der Waals surface area contributed by atoms with Gasteiger partial charge in [0.2, 0.25) is 0 Å². The van der Waals surface area contributed by atoms with Gasteiger partial charge in [-0.2, -0.15) is 0 Å². The summed E-state index contributed by atoms with van der Waals surface area (Å²) in [4.78, 5) is 27.3. The zero-order chi connectivity index (χ0) is 18.7.